The molecule has 1 heterocycles. The average Bonchev–Trinajstić information content (AvgIpc) is 2.65. The highest BCUT2D eigenvalue weighted by atomic mass is 16.6. The first-order valence-corrected chi connectivity index (χ1v) is 6.42. The highest BCUT2D eigenvalue weighted by molar-refractivity contribution is 5.87. The summed E-state index contributed by atoms with van der Waals surface area (Å²) in [6.45, 7) is 5.14. The van der Waals surface area contributed by atoms with Crippen molar-refractivity contribution in [3.8, 4) is 0 Å². The summed E-state index contributed by atoms with van der Waals surface area (Å²) in [4.78, 5) is 25.5. The Labute approximate surface area is 118 Å². The second-order valence-corrected chi connectivity index (χ2v) is 5.91. The van der Waals surface area contributed by atoms with Gasteiger partial charge in [0.25, 0.3) is 0 Å². The number of hydrogen-bond acceptors (Lipinski definition) is 6. The van der Waals surface area contributed by atoms with Crippen molar-refractivity contribution in [2.75, 3.05) is 27.4 Å². The Morgan fingerprint density at radius 3 is 2.40 bits per heavy atom. The molecular formula is C13H23NO6. The van der Waals surface area contributed by atoms with E-state index < -0.39 is 29.3 Å². The van der Waals surface area contributed by atoms with Crippen molar-refractivity contribution < 1.29 is 28.9 Å². The lowest BCUT2D eigenvalue weighted by atomic mass is 9.96. The van der Waals surface area contributed by atoms with Gasteiger partial charge in [0.05, 0.1) is 26.4 Å². The van der Waals surface area contributed by atoms with E-state index >= 15 is 0 Å². The standard InChI is InChI=1S/C13H23NO6/c1-12(2,3)20-11(17)14-7-9(15)6-13(14,8-18-4)10(16)19-5/h9,15H,6-8H2,1-5H3/t9-,13+/m0/s1. The van der Waals surface area contributed by atoms with Crippen molar-refractivity contribution in [1.29, 1.82) is 0 Å². The van der Waals surface area contributed by atoms with Crippen LogP contribution in [0.25, 0.3) is 0 Å². The largest absolute Gasteiger partial charge is 0.467 e. The van der Waals surface area contributed by atoms with Crippen LogP contribution in [0, 0.1) is 0 Å². The molecular weight excluding hydrogens is 266 g/mol. The second-order valence-electron chi connectivity index (χ2n) is 5.91. The number of rotatable bonds is 3. The fourth-order valence-electron chi connectivity index (χ4n) is 2.33. The molecule has 0 aromatic carbocycles. The molecule has 1 saturated heterocycles. The van der Waals surface area contributed by atoms with E-state index in [1.807, 2.05) is 0 Å². The zero-order valence-corrected chi connectivity index (χ0v) is 12.6. The minimum atomic E-state index is -1.34. The third-order valence-corrected chi connectivity index (χ3v) is 3.05. The Balaban J connectivity index is 3.06. The number of carbonyl (C=O) groups is 2. The van der Waals surface area contributed by atoms with Crippen LogP contribution in [0.3, 0.4) is 0 Å². The summed E-state index contributed by atoms with van der Waals surface area (Å²) in [5, 5.41) is 9.84. The molecule has 0 bridgehead atoms. The number of aliphatic hydroxyl groups excluding tert-OH is 1. The quantitative estimate of drug-likeness (QED) is 0.764. The van der Waals surface area contributed by atoms with Crippen molar-refractivity contribution in [2.24, 2.45) is 0 Å². The smallest absolute Gasteiger partial charge is 0.411 e. The van der Waals surface area contributed by atoms with E-state index in [-0.39, 0.29) is 19.6 Å². The molecule has 0 unspecified atom stereocenters. The fourth-order valence-corrected chi connectivity index (χ4v) is 2.33. The first-order valence-electron chi connectivity index (χ1n) is 6.42. The van der Waals surface area contributed by atoms with Gasteiger partial charge in [-0.2, -0.15) is 0 Å². The lowest BCUT2D eigenvalue weighted by Crippen LogP contribution is -2.57. The van der Waals surface area contributed by atoms with E-state index in [1.165, 1.54) is 19.1 Å². The normalized spacial score (nSPS) is 26.5. The van der Waals surface area contributed by atoms with Gasteiger partial charge < -0.3 is 19.3 Å². The van der Waals surface area contributed by atoms with E-state index in [4.69, 9.17) is 14.2 Å². The number of nitrogens with zero attached hydrogens (tertiary/aromatic N) is 1. The SMILES string of the molecule is COC[C@@]1(C(=O)OC)C[C@H](O)CN1C(=O)OC(C)(C)C. The van der Waals surface area contributed by atoms with Crippen LogP contribution in [0.4, 0.5) is 4.79 Å². The maximum atomic E-state index is 12.2. The third-order valence-electron chi connectivity index (χ3n) is 3.05. The van der Waals surface area contributed by atoms with Gasteiger partial charge in [-0.3, -0.25) is 4.90 Å². The molecule has 7 nitrogen and oxygen atoms in total. The van der Waals surface area contributed by atoms with E-state index in [2.05, 4.69) is 0 Å². The molecule has 1 amide bonds. The van der Waals surface area contributed by atoms with Crippen molar-refractivity contribution in [1.82, 2.24) is 4.90 Å². The van der Waals surface area contributed by atoms with Crippen LogP contribution < -0.4 is 0 Å². The number of hydrogen-bond donors (Lipinski definition) is 1. The van der Waals surface area contributed by atoms with Crippen molar-refractivity contribution in [2.45, 2.75) is 44.4 Å². The van der Waals surface area contributed by atoms with Crippen LogP contribution in [0.5, 0.6) is 0 Å². The van der Waals surface area contributed by atoms with Gasteiger partial charge in [0, 0.05) is 13.5 Å². The Kier molecular flexibility index (Phi) is 4.99. The topological polar surface area (TPSA) is 85.3 Å². The fraction of sp³-hybridized carbons (Fsp3) is 0.846. The lowest BCUT2D eigenvalue weighted by molar-refractivity contribution is -0.156. The number of ether oxygens (including phenoxy) is 3. The molecule has 1 aliphatic rings. The van der Waals surface area contributed by atoms with Crippen LogP contribution in [-0.4, -0.2) is 66.7 Å². The lowest BCUT2D eigenvalue weighted by Gasteiger charge is -2.35. The second kappa shape index (κ2) is 5.97. The van der Waals surface area contributed by atoms with E-state index in [0.717, 1.165) is 0 Å². The zero-order valence-electron chi connectivity index (χ0n) is 12.6. The summed E-state index contributed by atoms with van der Waals surface area (Å²) < 4.78 is 15.1. The third kappa shape index (κ3) is 3.40. The molecule has 0 aliphatic carbocycles. The molecule has 1 aliphatic heterocycles. The van der Waals surface area contributed by atoms with Gasteiger partial charge in [0.1, 0.15) is 5.60 Å². The predicted octanol–water partition coefficient (Wildman–Crippen LogP) is 0.546. The number of likely N-dealkylation sites (tertiary alicyclic amines) is 1. The molecule has 20 heavy (non-hydrogen) atoms. The van der Waals surface area contributed by atoms with Gasteiger partial charge >= 0.3 is 12.1 Å². The Bertz CT molecular complexity index is 378. The number of β-amino-alcohol motifs (C(OH)–C–C–N with tert-alkyl or cyclic N) is 1. The first-order chi connectivity index (χ1) is 9.16. The van der Waals surface area contributed by atoms with Gasteiger partial charge in [0.15, 0.2) is 5.54 Å². The maximum Gasteiger partial charge on any atom is 0.411 e. The van der Waals surface area contributed by atoms with Gasteiger partial charge in [-0.05, 0) is 20.8 Å². The highest BCUT2D eigenvalue weighted by Crippen LogP contribution is 2.32. The molecule has 0 saturated carbocycles. The minimum Gasteiger partial charge on any atom is -0.467 e. The summed E-state index contributed by atoms with van der Waals surface area (Å²) in [5.41, 5.74) is -2.04. The van der Waals surface area contributed by atoms with Gasteiger partial charge in [-0.15, -0.1) is 0 Å². The molecule has 1 rings (SSSR count). The molecule has 0 aromatic heterocycles. The average molecular weight is 289 g/mol. The van der Waals surface area contributed by atoms with E-state index in [1.54, 1.807) is 20.8 Å². The summed E-state index contributed by atoms with van der Waals surface area (Å²) in [6, 6.07) is 0. The highest BCUT2D eigenvalue weighted by Gasteiger charge is 2.55. The Morgan fingerprint density at radius 2 is 1.95 bits per heavy atom. The van der Waals surface area contributed by atoms with Crippen LogP contribution in [0.1, 0.15) is 27.2 Å². The van der Waals surface area contributed by atoms with Crippen molar-refractivity contribution in [3.05, 3.63) is 0 Å². The van der Waals surface area contributed by atoms with Gasteiger partial charge in [-0.1, -0.05) is 0 Å². The molecule has 0 aromatic rings. The van der Waals surface area contributed by atoms with Crippen LogP contribution in [-0.2, 0) is 19.0 Å². The summed E-state index contributed by atoms with van der Waals surface area (Å²) >= 11 is 0. The maximum absolute atomic E-state index is 12.2. The first kappa shape index (κ1) is 16.7. The number of aliphatic hydroxyl groups is 1. The molecule has 1 fully saturated rings. The predicted molar refractivity (Wildman–Crippen MR) is 70.2 cm³/mol. The number of esters is 1. The van der Waals surface area contributed by atoms with Gasteiger partial charge in [0.2, 0.25) is 0 Å². The molecule has 2 atom stereocenters. The van der Waals surface area contributed by atoms with E-state index in [0.29, 0.717) is 0 Å². The summed E-state index contributed by atoms with van der Waals surface area (Å²) in [5.74, 6) is -0.623. The molecule has 0 radical (unpaired) electrons. The van der Waals surface area contributed by atoms with Crippen molar-refractivity contribution >= 4 is 12.1 Å². The van der Waals surface area contributed by atoms with E-state index in [9.17, 15) is 14.7 Å². The molecule has 0 spiro atoms. The molecule has 7 heteroatoms. The van der Waals surface area contributed by atoms with Crippen LogP contribution in [0.2, 0.25) is 0 Å². The zero-order chi connectivity index (χ0) is 15.6. The number of carbonyl (C=O) groups excluding carboxylic acids is 2. The molecule has 116 valence electrons. The van der Waals surface area contributed by atoms with Gasteiger partial charge in [-0.25, -0.2) is 9.59 Å². The summed E-state index contributed by atoms with van der Waals surface area (Å²) in [6.07, 6.45) is -1.43. The number of amides is 1. The van der Waals surface area contributed by atoms with Crippen LogP contribution >= 0.6 is 0 Å². The monoisotopic (exact) mass is 289 g/mol. The minimum absolute atomic E-state index is 0.00731. The Hall–Kier alpha value is -1.34. The summed E-state index contributed by atoms with van der Waals surface area (Å²) in [7, 11) is 2.65. The van der Waals surface area contributed by atoms with Crippen LogP contribution in [0.15, 0.2) is 0 Å². The van der Waals surface area contributed by atoms with Crippen molar-refractivity contribution in [3.63, 3.8) is 0 Å². The molecule has 1 N–H and O–H groups in total. The number of methoxy groups -OCH3 is 2. The Morgan fingerprint density at radius 1 is 1.35 bits per heavy atom.